The molecule has 0 spiro atoms. The Kier molecular flexibility index (Phi) is 4.33. The van der Waals surface area contributed by atoms with Gasteiger partial charge in [0.25, 0.3) is 5.91 Å². The van der Waals surface area contributed by atoms with E-state index in [1.165, 1.54) is 6.20 Å². The zero-order chi connectivity index (χ0) is 21.4. The molecule has 0 aliphatic rings. The number of carbonyl (C=O) groups is 1. The van der Waals surface area contributed by atoms with Gasteiger partial charge in [0.15, 0.2) is 11.6 Å². The number of carbonyl (C=O) groups excluding carboxylic acids is 1. The molecule has 0 aliphatic carbocycles. The van der Waals surface area contributed by atoms with E-state index in [4.69, 9.17) is 5.73 Å². The van der Waals surface area contributed by atoms with Crippen LogP contribution in [0.2, 0.25) is 0 Å². The summed E-state index contributed by atoms with van der Waals surface area (Å²) in [5, 5.41) is 17.4. The molecule has 0 aliphatic heterocycles. The van der Waals surface area contributed by atoms with Gasteiger partial charge in [0.05, 0.1) is 11.1 Å². The summed E-state index contributed by atoms with van der Waals surface area (Å²) in [7, 11) is 0. The highest BCUT2D eigenvalue weighted by Crippen LogP contribution is 2.26. The van der Waals surface area contributed by atoms with Crippen molar-refractivity contribution in [1.29, 1.82) is 0 Å². The summed E-state index contributed by atoms with van der Waals surface area (Å²) >= 11 is 0. The summed E-state index contributed by atoms with van der Waals surface area (Å²) in [6, 6.07) is 17.4. The van der Waals surface area contributed by atoms with Gasteiger partial charge in [0, 0.05) is 35.5 Å². The summed E-state index contributed by atoms with van der Waals surface area (Å²) in [5.41, 5.74) is 9.22. The maximum Gasteiger partial charge on any atom is 0.257 e. The van der Waals surface area contributed by atoms with E-state index >= 15 is 0 Å². The average molecular weight is 411 g/mol. The fourth-order valence-corrected chi connectivity index (χ4v) is 3.23. The lowest BCUT2D eigenvalue weighted by Crippen LogP contribution is -2.12. The molecule has 0 bridgehead atoms. The van der Waals surface area contributed by atoms with E-state index in [9.17, 15) is 10.0 Å². The van der Waals surface area contributed by atoms with E-state index in [-0.39, 0.29) is 5.91 Å². The zero-order valence-corrected chi connectivity index (χ0v) is 16.2. The summed E-state index contributed by atoms with van der Waals surface area (Å²) in [4.78, 5) is 21.2. The van der Waals surface area contributed by atoms with Crippen LogP contribution in [-0.2, 0) is 0 Å². The molecule has 5 rings (SSSR count). The van der Waals surface area contributed by atoms with Gasteiger partial charge in [-0.2, -0.15) is 9.83 Å². The van der Waals surface area contributed by atoms with Gasteiger partial charge in [0.2, 0.25) is 0 Å². The zero-order valence-electron chi connectivity index (χ0n) is 16.2. The van der Waals surface area contributed by atoms with Gasteiger partial charge in [-0.15, -0.1) is 0 Å². The maximum absolute atomic E-state index is 12.5. The van der Waals surface area contributed by atoms with Gasteiger partial charge < -0.3 is 16.3 Å². The van der Waals surface area contributed by atoms with Gasteiger partial charge in [-0.3, -0.25) is 4.79 Å². The van der Waals surface area contributed by atoms with Crippen LogP contribution in [0.15, 0.2) is 79.3 Å². The van der Waals surface area contributed by atoms with Crippen molar-refractivity contribution in [1.82, 2.24) is 24.5 Å². The highest BCUT2D eigenvalue weighted by molar-refractivity contribution is 6.04. The first-order valence-corrected chi connectivity index (χ1v) is 9.43. The number of benzene rings is 2. The van der Waals surface area contributed by atoms with Crippen molar-refractivity contribution in [2.24, 2.45) is 0 Å². The average Bonchev–Trinajstić information content (AvgIpc) is 3.43. The Morgan fingerprint density at radius 2 is 1.90 bits per heavy atom. The normalized spacial score (nSPS) is 11.0. The molecule has 5 aromatic rings. The Morgan fingerprint density at radius 1 is 1.06 bits per heavy atom. The summed E-state index contributed by atoms with van der Waals surface area (Å²) in [6.45, 7) is 0. The molecular weight excluding hydrogens is 394 g/mol. The third kappa shape index (κ3) is 3.44. The molecule has 9 nitrogen and oxygen atoms in total. The molecule has 3 aromatic heterocycles. The quantitative estimate of drug-likeness (QED) is 0.308. The Morgan fingerprint density at radius 3 is 2.61 bits per heavy atom. The smallest absolute Gasteiger partial charge is 0.257 e. The summed E-state index contributed by atoms with van der Waals surface area (Å²) < 4.78 is 2.62. The number of hydrogen-bond donors (Lipinski definition) is 3. The van der Waals surface area contributed by atoms with Crippen molar-refractivity contribution in [2.45, 2.75) is 0 Å². The highest BCUT2D eigenvalue weighted by Gasteiger charge is 2.13. The molecule has 0 fully saturated rings. The molecule has 152 valence electrons. The van der Waals surface area contributed by atoms with E-state index < -0.39 is 0 Å². The molecule has 31 heavy (non-hydrogen) atoms. The highest BCUT2D eigenvalue weighted by atomic mass is 16.5. The second-order valence-corrected chi connectivity index (χ2v) is 6.88. The fourth-order valence-electron chi connectivity index (χ4n) is 3.23. The van der Waals surface area contributed by atoms with Crippen LogP contribution in [0.5, 0.6) is 0 Å². The standard InChI is InChI=1S/C22H17N7O2/c23-16-5-8-18-19(12-16)29(31)21(27-18)14-2-6-17(7-3-14)26-22(30)15-4-9-20(24-13-15)28-11-1-10-25-28/h1-13,31H,23H2,(H,26,30). The van der Waals surface area contributed by atoms with Crippen molar-refractivity contribution in [3.63, 3.8) is 0 Å². The minimum Gasteiger partial charge on any atom is -0.426 e. The van der Waals surface area contributed by atoms with Gasteiger partial charge >= 0.3 is 0 Å². The minimum atomic E-state index is -0.280. The van der Waals surface area contributed by atoms with Crippen LogP contribution >= 0.6 is 0 Å². The number of anilines is 2. The third-order valence-electron chi connectivity index (χ3n) is 4.80. The van der Waals surface area contributed by atoms with Crippen LogP contribution < -0.4 is 11.1 Å². The molecule has 2 aromatic carbocycles. The van der Waals surface area contributed by atoms with Gasteiger partial charge in [0.1, 0.15) is 5.52 Å². The Bertz CT molecular complexity index is 1370. The van der Waals surface area contributed by atoms with E-state index in [2.05, 4.69) is 20.4 Å². The van der Waals surface area contributed by atoms with Crippen molar-refractivity contribution in [2.75, 3.05) is 11.1 Å². The van der Waals surface area contributed by atoms with E-state index in [0.717, 1.165) is 4.73 Å². The molecule has 0 unspecified atom stereocenters. The number of nitrogen functional groups attached to an aromatic ring is 1. The van der Waals surface area contributed by atoms with Gasteiger partial charge in [-0.1, -0.05) is 0 Å². The largest absolute Gasteiger partial charge is 0.426 e. The minimum absolute atomic E-state index is 0.280. The third-order valence-corrected chi connectivity index (χ3v) is 4.80. The predicted molar refractivity (Wildman–Crippen MR) is 116 cm³/mol. The van der Waals surface area contributed by atoms with Gasteiger partial charge in [-0.05, 0) is 60.7 Å². The van der Waals surface area contributed by atoms with Crippen LogP contribution in [0.4, 0.5) is 11.4 Å². The van der Waals surface area contributed by atoms with Crippen molar-refractivity contribution in [3.8, 4) is 17.2 Å². The molecule has 9 heteroatoms. The molecule has 4 N–H and O–H groups in total. The first kappa shape index (κ1) is 18.4. The maximum atomic E-state index is 12.5. The van der Waals surface area contributed by atoms with Crippen LogP contribution in [0, 0.1) is 0 Å². The summed E-state index contributed by atoms with van der Waals surface area (Å²) in [5.74, 6) is 0.730. The Hall–Kier alpha value is -4.66. The first-order valence-electron chi connectivity index (χ1n) is 9.43. The number of fused-ring (bicyclic) bond motifs is 1. The molecule has 0 atom stereocenters. The Labute approximate surface area is 176 Å². The number of amides is 1. The lowest BCUT2D eigenvalue weighted by atomic mass is 10.2. The first-order chi connectivity index (χ1) is 15.1. The number of hydrogen-bond acceptors (Lipinski definition) is 6. The van der Waals surface area contributed by atoms with Crippen LogP contribution in [-0.4, -0.2) is 35.6 Å². The second-order valence-electron chi connectivity index (χ2n) is 6.88. The van der Waals surface area contributed by atoms with E-state index in [1.54, 1.807) is 77.7 Å². The number of pyridine rings is 1. The van der Waals surface area contributed by atoms with E-state index in [1.807, 2.05) is 0 Å². The molecule has 1 amide bonds. The molecular formula is C22H17N7O2. The molecule has 3 heterocycles. The second kappa shape index (κ2) is 7.30. The van der Waals surface area contributed by atoms with Crippen LogP contribution in [0.3, 0.4) is 0 Å². The summed E-state index contributed by atoms with van der Waals surface area (Å²) in [6.07, 6.45) is 4.94. The molecule has 0 saturated heterocycles. The lowest BCUT2D eigenvalue weighted by Gasteiger charge is -2.07. The fraction of sp³-hybridized carbons (Fsp3) is 0. The van der Waals surface area contributed by atoms with Gasteiger partial charge in [-0.25, -0.2) is 14.6 Å². The molecule has 0 saturated carbocycles. The molecule has 0 radical (unpaired) electrons. The monoisotopic (exact) mass is 411 g/mol. The van der Waals surface area contributed by atoms with Crippen LogP contribution in [0.1, 0.15) is 10.4 Å². The number of nitrogens with two attached hydrogens (primary N) is 1. The SMILES string of the molecule is Nc1ccc2nc(-c3ccc(NC(=O)c4ccc(-n5cccn5)nc4)cc3)n(O)c2c1. The number of imidazole rings is 1. The van der Waals surface area contributed by atoms with Crippen molar-refractivity contribution in [3.05, 3.63) is 84.8 Å². The topological polar surface area (TPSA) is 124 Å². The number of rotatable bonds is 4. The van der Waals surface area contributed by atoms with Crippen molar-refractivity contribution < 1.29 is 10.0 Å². The van der Waals surface area contributed by atoms with Crippen molar-refractivity contribution >= 4 is 28.3 Å². The lowest BCUT2D eigenvalue weighted by molar-refractivity contribution is 0.102. The van der Waals surface area contributed by atoms with E-state index in [0.29, 0.717) is 45.2 Å². The number of aromatic nitrogens is 5. The Balaban J connectivity index is 1.33. The number of nitrogens with one attached hydrogen (secondary N) is 1. The number of nitrogens with zero attached hydrogens (tertiary/aromatic N) is 5. The van der Waals surface area contributed by atoms with Crippen LogP contribution in [0.25, 0.3) is 28.2 Å². The predicted octanol–water partition coefficient (Wildman–Crippen LogP) is 3.36.